The first kappa shape index (κ1) is 18.0. The van der Waals surface area contributed by atoms with Gasteiger partial charge in [0.2, 0.25) is 5.91 Å². The van der Waals surface area contributed by atoms with E-state index in [9.17, 15) is 9.90 Å². The molecule has 0 spiro atoms. The van der Waals surface area contributed by atoms with Crippen LogP contribution in [0.2, 0.25) is 0 Å². The van der Waals surface area contributed by atoms with Gasteiger partial charge in [0.1, 0.15) is 0 Å². The molecule has 0 bridgehead atoms. The second-order valence-corrected chi connectivity index (χ2v) is 8.61. The van der Waals surface area contributed by atoms with Gasteiger partial charge in [-0.25, -0.2) is 0 Å². The van der Waals surface area contributed by atoms with Crippen molar-refractivity contribution >= 4 is 5.91 Å². The SMILES string of the molecule is CN1CCC(C(=O)N2CC[C@@](O)(c3ccccc3)[C@@H]3CCCCC32)CC1. The van der Waals surface area contributed by atoms with Crippen LogP contribution < -0.4 is 0 Å². The van der Waals surface area contributed by atoms with E-state index in [0.29, 0.717) is 18.9 Å². The minimum Gasteiger partial charge on any atom is -0.385 e. The maximum Gasteiger partial charge on any atom is 0.226 e. The van der Waals surface area contributed by atoms with E-state index in [1.54, 1.807) is 0 Å². The molecule has 1 aromatic rings. The Balaban J connectivity index is 1.56. The van der Waals surface area contributed by atoms with E-state index in [4.69, 9.17) is 0 Å². The van der Waals surface area contributed by atoms with Crippen LogP contribution in [0.1, 0.15) is 50.5 Å². The lowest BCUT2D eigenvalue weighted by molar-refractivity contribution is -0.159. The highest BCUT2D eigenvalue weighted by molar-refractivity contribution is 5.79. The van der Waals surface area contributed by atoms with Crippen molar-refractivity contribution in [3.05, 3.63) is 35.9 Å². The third-order valence-corrected chi connectivity index (χ3v) is 7.10. The number of nitrogens with zero attached hydrogens (tertiary/aromatic N) is 2. The topological polar surface area (TPSA) is 43.8 Å². The van der Waals surface area contributed by atoms with Gasteiger partial charge >= 0.3 is 0 Å². The molecule has 4 heteroatoms. The molecular weight excluding hydrogens is 324 g/mol. The standard InChI is InChI=1S/C22H32N2O2/c1-23-14-11-17(12-15-23)21(25)24-16-13-22(26,18-7-3-2-4-8-18)19-9-5-6-10-20(19)24/h2-4,7-8,17,19-20,26H,5-6,9-16H2,1H3/t19-,20?,22-/m1/s1. The summed E-state index contributed by atoms with van der Waals surface area (Å²) in [4.78, 5) is 17.8. The summed E-state index contributed by atoms with van der Waals surface area (Å²) in [7, 11) is 2.14. The molecule has 3 fully saturated rings. The van der Waals surface area contributed by atoms with Gasteiger partial charge in [-0.1, -0.05) is 43.2 Å². The van der Waals surface area contributed by atoms with Crippen molar-refractivity contribution in [3.63, 3.8) is 0 Å². The first-order valence-corrected chi connectivity index (χ1v) is 10.4. The first-order chi connectivity index (χ1) is 12.6. The highest BCUT2D eigenvalue weighted by Crippen LogP contribution is 2.47. The van der Waals surface area contributed by atoms with E-state index in [1.165, 1.54) is 6.42 Å². The van der Waals surface area contributed by atoms with Gasteiger partial charge in [-0.2, -0.15) is 0 Å². The van der Waals surface area contributed by atoms with Gasteiger partial charge in [0.05, 0.1) is 5.60 Å². The van der Waals surface area contributed by atoms with Crippen LogP contribution in [0.4, 0.5) is 0 Å². The molecule has 4 nitrogen and oxygen atoms in total. The first-order valence-electron chi connectivity index (χ1n) is 10.4. The fraction of sp³-hybridized carbons (Fsp3) is 0.682. The molecular formula is C22H32N2O2. The van der Waals surface area contributed by atoms with Crippen LogP contribution in [-0.4, -0.2) is 53.5 Å². The molecule has 0 radical (unpaired) electrons. The Hall–Kier alpha value is -1.39. The van der Waals surface area contributed by atoms with E-state index in [1.807, 2.05) is 18.2 Å². The molecule has 3 aliphatic rings. The van der Waals surface area contributed by atoms with Crippen molar-refractivity contribution in [1.82, 2.24) is 9.80 Å². The quantitative estimate of drug-likeness (QED) is 0.886. The Morgan fingerprint density at radius 1 is 1.04 bits per heavy atom. The van der Waals surface area contributed by atoms with E-state index in [-0.39, 0.29) is 17.9 Å². The second kappa shape index (κ2) is 7.32. The zero-order chi connectivity index (χ0) is 18.1. The number of piperidine rings is 2. The molecule has 26 heavy (non-hydrogen) atoms. The Morgan fingerprint density at radius 3 is 2.46 bits per heavy atom. The third-order valence-electron chi connectivity index (χ3n) is 7.10. The number of carbonyl (C=O) groups is 1. The largest absolute Gasteiger partial charge is 0.385 e. The van der Waals surface area contributed by atoms with Crippen LogP contribution in [-0.2, 0) is 10.4 Å². The van der Waals surface area contributed by atoms with Crippen molar-refractivity contribution in [1.29, 1.82) is 0 Å². The van der Waals surface area contributed by atoms with Crippen molar-refractivity contribution in [2.24, 2.45) is 11.8 Å². The molecule has 3 atom stereocenters. The highest BCUT2D eigenvalue weighted by atomic mass is 16.3. The van der Waals surface area contributed by atoms with E-state index < -0.39 is 5.60 Å². The highest BCUT2D eigenvalue weighted by Gasteiger charge is 2.50. The van der Waals surface area contributed by atoms with Gasteiger partial charge in [0.15, 0.2) is 0 Å². The number of amides is 1. The second-order valence-electron chi connectivity index (χ2n) is 8.61. The Kier molecular flexibility index (Phi) is 5.07. The number of benzene rings is 1. The Bertz CT molecular complexity index is 626. The minimum atomic E-state index is -0.782. The van der Waals surface area contributed by atoms with Gasteiger partial charge in [-0.3, -0.25) is 4.79 Å². The summed E-state index contributed by atoms with van der Waals surface area (Å²) in [5.41, 5.74) is 0.249. The summed E-state index contributed by atoms with van der Waals surface area (Å²) < 4.78 is 0. The minimum absolute atomic E-state index is 0.169. The van der Waals surface area contributed by atoms with Crippen molar-refractivity contribution < 1.29 is 9.90 Å². The number of carbonyl (C=O) groups excluding carboxylic acids is 1. The maximum atomic E-state index is 13.3. The van der Waals surface area contributed by atoms with E-state index in [0.717, 1.165) is 50.8 Å². The smallest absolute Gasteiger partial charge is 0.226 e. The molecule has 2 aliphatic heterocycles. The van der Waals surface area contributed by atoms with Crippen molar-refractivity contribution in [3.8, 4) is 0 Å². The van der Waals surface area contributed by atoms with Crippen molar-refractivity contribution in [2.75, 3.05) is 26.7 Å². The summed E-state index contributed by atoms with van der Waals surface area (Å²) in [6.07, 6.45) is 7.01. The molecule has 142 valence electrons. The lowest BCUT2D eigenvalue weighted by Crippen LogP contribution is -2.60. The summed E-state index contributed by atoms with van der Waals surface area (Å²) in [6, 6.07) is 10.3. The average molecular weight is 357 g/mol. The molecule has 1 N–H and O–H groups in total. The van der Waals surface area contributed by atoms with Crippen LogP contribution in [0.3, 0.4) is 0 Å². The maximum absolute atomic E-state index is 13.3. The number of hydrogen-bond donors (Lipinski definition) is 1. The van der Waals surface area contributed by atoms with Crippen LogP contribution in [0, 0.1) is 11.8 Å². The molecule has 2 saturated heterocycles. The number of fused-ring (bicyclic) bond motifs is 1. The van der Waals surface area contributed by atoms with Crippen LogP contribution >= 0.6 is 0 Å². The molecule has 0 aromatic heterocycles. The van der Waals surface area contributed by atoms with Crippen LogP contribution in [0.15, 0.2) is 30.3 Å². The zero-order valence-electron chi connectivity index (χ0n) is 15.9. The summed E-state index contributed by atoms with van der Waals surface area (Å²) in [5.74, 6) is 0.699. The Labute approximate surface area is 157 Å². The fourth-order valence-corrected chi connectivity index (χ4v) is 5.53. The van der Waals surface area contributed by atoms with Gasteiger partial charge < -0.3 is 14.9 Å². The van der Waals surface area contributed by atoms with E-state index >= 15 is 0 Å². The van der Waals surface area contributed by atoms with Crippen molar-refractivity contribution in [2.45, 2.75) is 56.6 Å². The van der Waals surface area contributed by atoms with Gasteiger partial charge in [-0.15, -0.1) is 0 Å². The average Bonchev–Trinajstić information content (AvgIpc) is 2.69. The monoisotopic (exact) mass is 356 g/mol. The molecule has 1 unspecified atom stereocenters. The predicted octanol–water partition coefficient (Wildman–Crippen LogP) is 3.01. The Morgan fingerprint density at radius 2 is 1.73 bits per heavy atom. The van der Waals surface area contributed by atoms with Gasteiger partial charge in [0, 0.05) is 24.4 Å². The number of aliphatic hydroxyl groups is 1. The molecule has 1 aromatic carbocycles. The molecule has 2 heterocycles. The lowest BCUT2D eigenvalue weighted by Gasteiger charge is -2.53. The summed E-state index contributed by atoms with van der Waals surface area (Å²) in [5, 5.41) is 11.6. The lowest BCUT2D eigenvalue weighted by atomic mass is 9.66. The van der Waals surface area contributed by atoms with Crippen LogP contribution in [0.25, 0.3) is 0 Å². The number of hydrogen-bond acceptors (Lipinski definition) is 3. The normalized spacial score (nSPS) is 33.7. The van der Waals surface area contributed by atoms with Gasteiger partial charge in [-0.05, 0) is 57.8 Å². The fourth-order valence-electron chi connectivity index (χ4n) is 5.53. The third kappa shape index (κ3) is 3.18. The summed E-state index contributed by atoms with van der Waals surface area (Å²) >= 11 is 0. The van der Waals surface area contributed by atoms with Gasteiger partial charge in [0.25, 0.3) is 0 Å². The number of likely N-dealkylation sites (tertiary alicyclic amines) is 2. The van der Waals surface area contributed by atoms with Crippen LogP contribution in [0.5, 0.6) is 0 Å². The molecule has 4 rings (SSSR count). The molecule has 1 aliphatic carbocycles. The molecule has 1 amide bonds. The predicted molar refractivity (Wildman–Crippen MR) is 103 cm³/mol. The van der Waals surface area contributed by atoms with E-state index in [2.05, 4.69) is 29.0 Å². The molecule has 1 saturated carbocycles. The summed E-state index contributed by atoms with van der Waals surface area (Å²) in [6.45, 7) is 2.73. The zero-order valence-corrected chi connectivity index (χ0v) is 15.9. The number of rotatable bonds is 2.